The van der Waals surface area contributed by atoms with Crippen molar-refractivity contribution in [1.82, 2.24) is 0 Å². The van der Waals surface area contributed by atoms with E-state index < -0.39 is 5.97 Å². The Kier molecular flexibility index (Phi) is 12.8. The van der Waals surface area contributed by atoms with Gasteiger partial charge in [-0.05, 0) is 57.6 Å². The molecule has 0 aliphatic carbocycles. The van der Waals surface area contributed by atoms with Crippen molar-refractivity contribution in [3.8, 4) is 5.75 Å². The highest BCUT2D eigenvalue weighted by molar-refractivity contribution is 5.92. The number of hydrogen-bond acceptors (Lipinski definition) is 3. The number of phenols is 1. The first kappa shape index (κ1) is 23.0. The van der Waals surface area contributed by atoms with Crippen molar-refractivity contribution in [2.75, 3.05) is 0 Å². The number of aromatic hydroxyl groups is 1. The molecular weight excluding hydrogens is 336 g/mol. The van der Waals surface area contributed by atoms with E-state index in [2.05, 4.69) is 38.2 Å². The number of phenolic OH excluding ortho intramolecular Hbond substituents is 1. The van der Waals surface area contributed by atoms with Crippen LogP contribution in [0.1, 0.15) is 88.4 Å². The number of carbonyl (C=O) groups is 1. The SMILES string of the molecule is C/C=C/CCCC/C=C\CC(CCCCCC)OC(=O)c1ccccc1O. The first-order valence-corrected chi connectivity index (χ1v) is 10.4. The minimum absolute atomic E-state index is 0.0242. The van der Waals surface area contributed by atoms with Gasteiger partial charge in [0.25, 0.3) is 0 Å². The second kappa shape index (κ2) is 15.1. The van der Waals surface area contributed by atoms with E-state index in [-0.39, 0.29) is 17.4 Å². The highest BCUT2D eigenvalue weighted by atomic mass is 16.5. The summed E-state index contributed by atoms with van der Waals surface area (Å²) in [5.74, 6) is -0.461. The van der Waals surface area contributed by atoms with Crippen LogP contribution >= 0.6 is 0 Å². The quantitative estimate of drug-likeness (QED) is 0.218. The summed E-state index contributed by atoms with van der Waals surface area (Å²) in [7, 11) is 0. The van der Waals surface area contributed by atoms with Crippen molar-refractivity contribution in [1.29, 1.82) is 0 Å². The number of esters is 1. The fraction of sp³-hybridized carbons (Fsp3) is 0.542. The van der Waals surface area contributed by atoms with Crippen LogP contribution < -0.4 is 0 Å². The second-order valence-corrected chi connectivity index (χ2v) is 6.95. The van der Waals surface area contributed by atoms with E-state index in [4.69, 9.17) is 4.74 Å². The van der Waals surface area contributed by atoms with Gasteiger partial charge in [0.05, 0.1) is 0 Å². The Morgan fingerprint density at radius 1 is 1.04 bits per heavy atom. The Hall–Kier alpha value is -2.03. The number of para-hydroxylation sites is 1. The Morgan fingerprint density at radius 2 is 1.78 bits per heavy atom. The number of carbonyl (C=O) groups excluding carboxylic acids is 1. The molecule has 0 radical (unpaired) electrons. The van der Waals surface area contributed by atoms with Gasteiger partial charge in [-0.25, -0.2) is 4.79 Å². The van der Waals surface area contributed by atoms with E-state index in [1.807, 2.05) is 0 Å². The molecular formula is C24H36O3. The van der Waals surface area contributed by atoms with Crippen molar-refractivity contribution in [2.24, 2.45) is 0 Å². The van der Waals surface area contributed by atoms with Gasteiger partial charge in [-0.2, -0.15) is 0 Å². The van der Waals surface area contributed by atoms with Crippen molar-refractivity contribution in [3.05, 3.63) is 54.1 Å². The molecule has 1 atom stereocenters. The number of allylic oxidation sites excluding steroid dienone is 3. The van der Waals surface area contributed by atoms with Crippen LogP contribution in [0.4, 0.5) is 0 Å². The van der Waals surface area contributed by atoms with E-state index in [1.54, 1.807) is 18.2 Å². The van der Waals surface area contributed by atoms with Gasteiger partial charge in [-0.1, -0.05) is 62.6 Å². The summed E-state index contributed by atoms with van der Waals surface area (Å²) in [5.41, 5.74) is 0.240. The van der Waals surface area contributed by atoms with Crippen LogP contribution in [-0.2, 0) is 4.74 Å². The summed E-state index contributed by atoms with van der Waals surface area (Å²) in [6.45, 7) is 4.24. The molecule has 150 valence electrons. The van der Waals surface area contributed by atoms with Gasteiger partial charge in [-0.3, -0.25) is 0 Å². The summed E-state index contributed by atoms with van der Waals surface area (Å²) < 4.78 is 5.70. The third-order valence-corrected chi connectivity index (χ3v) is 4.57. The van der Waals surface area contributed by atoms with Crippen LogP contribution in [0.25, 0.3) is 0 Å². The topological polar surface area (TPSA) is 46.5 Å². The van der Waals surface area contributed by atoms with Gasteiger partial charge >= 0.3 is 5.97 Å². The first-order valence-electron chi connectivity index (χ1n) is 10.4. The highest BCUT2D eigenvalue weighted by Crippen LogP contribution is 2.20. The zero-order valence-electron chi connectivity index (χ0n) is 17.0. The molecule has 1 rings (SSSR count). The lowest BCUT2D eigenvalue weighted by molar-refractivity contribution is 0.0280. The predicted molar refractivity (Wildman–Crippen MR) is 113 cm³/mol. The number of unbranched alkanes of at least 4 members (excludes halogenated alkanes) is 6. The average molecular weight is 373 g/mol. The average Bonchev–Trinajstić information content (AvgIpc) is 2.67. The van der Waals surface area contributed by atoms with Crippen LogP contribution in [0, 0.1) is 0 Å². The molecule has 0 heterocycles. The molecule has 0 spiro atoms. The summed E-state index contributed by atoms with van der Waals surface area (Å²) in [6.07, 6.45) is 19.3. The minimum atomic E-state index is -0.437. The van der Waals surface area contributed by atoms with Crippen molar-refractivity contribution in [3.63, 3.8) is 0 Å². The number of ether oxygens (including phenoxy) is 1. The number of hydrogen-bond donors (Lipinski definition) is 1. The van der Waals surface area contributed by atoms with Crippen molar-refractivity contribution >= 4 is 5.97 Å². The maximum Gasteiger partial charge on any atom is 0.342 e. The molecule has 0 saturated heterocycles. The molecule has 27 heavy (non-hydrogen) atoms. The van der Waals surface area contributed by atoms with Gasteiger partial charge in [0, 0.05) is 6.42 Å². The van der Waals surface area contributed by atoms with Crippen LogP contribution in [0.3, 0.4) is 0 Å². The summed E-state index contributed by atoms with van der Waals surface area (Å²) in [5, 5.41) is 9.85. The summed E-state index contributed by atoms with van der Waals surface area (Å²) in [6, 6.07) is 6.56. The van der Waals surface area contributed by atoms with E-state index in [9.17, 15) is 9.90 Å². The van der Waals surface area contributed by atoms with Gasteiger partial charge in [-0.15, -0.1) is 0 Å². The molecule has 3 nitrogen and oxygen atoms in total. The van der Waals surface area contributed by atoms with Crippen molar-refractivity contribution < 1.29 is 14.6 Å². The zero-order chi connectivity index (χ0) is 19.7. The lowest BCUT2D eigenvalue weighted by atomic mass is 10.1. The number of benzene rings is 1. The summed E-state index contributed by atoms with van der Waals surface area (Å²) in [4.78, 5) is 12.4. The first-order chi connectivity index (χ1) is 13.2. The Bertz CT molecular complexity index is 575. The van der Waals surface area contributed by atoms with E-state index in [0.29, 0.717) is 0 Å². The fourth-order valence-corrected chi connectivity index (χ4v) is 2.94. The maximum absolute atomic E-state index is 12.4. The van der Waals surface area contributed by atoms with Gasteiger partial charge < -0.3 is 9.84 Å². The highest BCUT2D eigenvalue weighted by Gasteiger charge is 2.17. The van der Waals surface area contributed by atoms with Crippen LogP contribution in [0.5, 0.6) is 5.75 Å². The fourth-order valence-electron chi connectivity index (χ4n) is 2.94. The molecule has 0 bridgehead atoms. The Balaban J connectivity index is 2.49. The Labute approximate surface area is 165 Å². The van der Waals surface area contributed by atoms with Gasteiger partial charge in [0.1, 0.15) is 17.4 Å². The molecule has 0 aliphatic rings. The molecule has 3 heteroatoms. The summed E-state index contributed by atoms with van der Waals surface area (Å²) >= 11 is 0. The molecule has 0 aliphatic heterocycles. The van der Waals surface area contributed by atoms with Crippen LogP contribution in [-0.4, -0.2) is 17.2 Å². The predicted octanol–water partition coefficient (Wildman–Crippen LogP) is 6.97. The van der Waals surface area contributed by atoms with Crippen LogP contribution in [0.2, 0.25) is 0 Å². The molecule has 0 aromatic heterocycles. The largest absolute Gasteiger partial charge is 0.507 e. The van der Waals surface area contributed by atoms with E-state index >= 15 is 0 Å². The monoisotopic (exact) mass is 372 g/mol. The Morgan fingerprint density at radius 3 is 2.48 bits per heavy atom. The van der Waals surface area contributed by atoms with Gasteiger partial charge in [0.15, 0.2) is 0 Å². The smallest absolute Gasteiger partial charge is 0.342 e. The lowest BCUT2D eigenvalue weighted by Crippen LogP contribution is -2.18. The second-order valence-electron chi connectivity index (χ2n) is 6.95. The van der Waals surface area contributed by atoms with Gasteiger partial charge in [0.2, 0.25) is 0 Å². The molecule has 0 amide bonds. The normalized spacial score (nSPS) is 12.7. The standard InChI is InChI=1S/C24H36O3/c1-3-5-7-9-10-11-12-14-18-21(17-13-8-6-4-2)27-24(26)22-19-15-16-20-23(22)25/h3,5,12,14-16,19-21,25H,4,6-11,13,17-18H2,1-2H3/b5-3+,14-12-. The lowest BCUT2D eigenvalue weighted by Gasteiger charge is -2.17. The molecule has 1 unspecified atom stereocenters. The van der Waals surface area contributed by atoms with E-state index in [1.165, 1.54) is 31.7 Å². The molecule has 1 N–H and O–H groups in total. The minimum Gasteiger partial charge on any atom is -0.507 e. The maximum atomic E-state index is 12.4. The van der Waals surface area contributed by atoms with Crippen LogP contribution in [0.15, 0.2) is 48.6 Å². The molecule has 0 fully saturated rings. The molecule has 1 aromatic carbocycles. The van der Waals surface area contributed by atoms with E-state index in [0.717, 1.165) is 38.5 Å². The zero-order valence-corrected chi connectivity index (χ0v) is 17.0. The third kappa shape index (κ3) is 10.6. The number of rotatable bonds is 14. The van der Waals surface area contributed by atoms with Crippen molar-refractivity contribution in [2.45, 2.75) is 84.2 Å². The third-order valence-electron chi connectivity index (χ3n) is 4.57. The molecule has 0 saturated carbocycles. The molecule has 1 aromatic rings.